The minimum atomic E-state index is -0.253. The first-order valence-electron chi connectivity index (χ1n) is 9.76. The Morgan fingerprint density at radius 3 is 2.37 bits per heavy atom. The number of rotatable bonds is 5. The second kappa shape index (κ2) is 7.99. The van der Waals surface area contributed by atoms with Crippen LogP contribution < -0.4 is 0 Å². The van der Waals surface area contributed by atoms with Crippen LogP contribution in [0.15, 0.2) is 71.7 Å². The van der Waals surface area contributed by atoms with E-state index in [1.807, 2.05) is 90.6 Å². The molecule has 152 valence electrons. The minimum absolute atomic E-state index is 0.253. The predicted molar refractivity (Wildman–Crippen MR) is 120 cm³/mol. The van der Waals surface area contributed by atoms with Crippen molar-refractivity contribution in [3.63, 3.8) is 0 Å². The number of aryl methyl sites for hydroxylation is 1. The highest BCUT2D eigenvalue weighted by molar-refractivity contribution is 5.70. The summed E-state index contributed by atoms with van der Waals surface area (Å²) < 4.78 is 18.2. The maximum Gasteiger partial charge on any atom is 0.157 e. The maximum absolute atomic E-state index is 14.4. The van der Waals surface area contributed by atoms with Crippen LogP contribution in [0.2, 0.25) is 0 Å². The highest BCUT2D eigenvalue weighted by atomic mass is 19.1. The summed E-state index contributed by atoms with van der Waals surface area (Å²) in [5.41, 5.74) is 5.08. The van der Waals surface area contributed by atoms with Crippen LogP contribution in [0.3, 0.4) is 0 Å². The quantitative estimate of drug-likeness (QED) is 0.336. The minimum Gasteiger partial charge on any atom is -0.369 e. The summed E-state index contributed by atoms with van der Waals surface area (Å²) in [5.74, 6) is 0.470. The van der Waals surface area contributed by atoms with Crippen LogP contribution in [-0.4, -0.2) is 39.7 Å². The topological polar surface area (TPSA) is 38.4 Å². The van der Waals surface area contributed by atoms with Crippen molar-refractivity contribution in [1.82, 2.24) is 19.2 Å². The number of aromatic nitrogens is 3. The van der Waals surface area contributed by atoms with Crippen molar-refractivity contribution in [3.8, 4) is 22.6 Å². The smallest absolute Gasteiger partial charge is 0.157 e. The fraction of sp³-hybridized carbons (Fsp3) is 0.167. The van der Waals surface area contributed by atoms with Crippen molar-refractivity contribution in [2.75, 3.05) is 14.1 Å². The van der Waals surface area contributed by atoms with Gasteiger partial charge in [0.2, 0.25) is 0 Å². The van der Waals surface area contributed by atoms with Crippen molar-refractivity contribution >= 4 is 12.2 Å². The molecule has 4 aromatic rings. The summed E-state index contributed by atoms with van der Waals surface area (Å²) >= 11 is 0. The highest BCUT2D eigenvalue weighted by Crippen LogP contribution is 2.32. The van der Waals surface area contributed by atoms with Crippen molar-refractivity contribution in [1.29, 1.82) is 0 Å². The molecule has 0 radical (unpaired) electrons. The first-order valence-corrected chi connectivity index (χ1v) is 9.76. The van der Waals surface area contributed by atoms with Crippen molar-refractivity contribution in [2.45, 2.75) is 13.8 Å². The summed E-state index contributed by atoms with van der Waals surface area (Å²) in [4.78, 5) is 6.48. The van der Waals surface area contributed by atoms with Gasteiger partial charge >= 0.3 is 0 Å². The van der Waals surface area contributed by atoms with E-state index < -0.39 is 0 Å². The van der Waals surface area contributed by atoms with Crippen LogP contribution in [0.5, 0.6) is 0 Å². The SMILES string of the molecule is Cc1cc(-c2cc(N=CN(C)C)n(-c3ccccc3)n2)c(C)n1-c1ccccc1F. The molecule has 0 saturated carbocycles. The maximum atomic E-state index is 14.4. The van der Waals surface area contributed by atoms with Crippen molar-refractivity contribution in [3.05, 3.63) is 83.9 Å². The van der Waals surface area contributed by atoms with Gasteiger partial charge in [0.05, 0.1) is 23.4 Å². The van der Waals surface area contributed by atoms with E-state index in [4.69, 9.17) is 5.10 Å². The average molecular weight is 401 g/mol. The fourth-order valence-corrected chi connectivity index (χ4v) is 3.55. The van der Waals surface area contributed by atoms with Gasteiger partial charge in [0.1, 0.15) is 5.82 Å². The molecule has 0 N–H and O–H groups in total. The molecule has 0 amide bonds. The lowest BCUT2D eigenvalue weighted by Crippen LogP contribution is -2.07. The molecule has 0 aliphatic rings. The van der Waals surface area contributed by atoms with Gasteiger partial charge in [-0.25, -0.2) is 14.1 Å². The molecule has 0 atom stereocenters. The molecule has 5 nitrogen and oxygen atoms in total. The van der Waals surface area contributed by atoms with Crippen molar-refractivity contribution in [2.24, 2.45) is 4.99 Å². The highest BCUT2D eigenvalue weighted by Gasteiger charge is 2.18. The zero-order valence-corrected chi connectivity index (χ0v) is 17.5. The van der Waals surface area contributed by atoms with Crippen LogP contribution in [0.25, 0.3) is 22.6 Å². The Morgan fingerprint density at radius 1 is 0.967 bits per heavy atom. The molecule has 30 heavy (non-hydrogen) atoms. The van der Waals surface area contributed by atoms with Gasteiger partial charge < -0.3 is 9.47 Å². The summed E-state index contributed by atoms with van der Waals surface area (Å²) in [5, 5.41) is 4.84. The van der Waals surface area contributed by atoms with Crippen LogP contribution in [0.1, 0.15) is 11.4 Å². The Kier molecular flexibility index (Phi) is 5.23. The van der Waals surface area contributed by atoms with E-state index in [2.05, 4.69) is 4.99 Å². The molecule has 0 fully saturated rings. The molecule has 0 saturated heterocycles. The van der Waals surface area contributed by atoms with Gasteiger partial charge in [-0.1, -0.05) is 30.3 Å². The number of para-hydroxylation sites is 2. The van der Waals surface area contributed by atoms with Gasteiger partial charge in [-0.3, -0.25) is 0 Å². The normalized spacial score (nSPS) is 11.4. The Balaban J connectivity index is 1.86. The number of hydrogen-bond donors (Lipinski definition) is 0. The van der Waals surface area contributed by atoms with E-state index in [0.717, 1.165) is 34.2 Å². The number of hydrogen-bond acceptors (Lipinski definition) is 2. The van der Waals surface area contributed by atoms with Crippen LogP contribution >= 0.6 is 0 Å². The van der Waals surface area contributed by atoms with E-state index in [1.165, 1.54) is 6.07 Å². The molecule has 2 heterocycles. The Morgan fingerprint density at radius 2 is 1.67 bits per heavy atom. The molecular weight excluding hydrogens is 377 g/mol. The summed E-state index contributed by atoms with van der Waals surface area (Å²) in [6.45, 7) is 3.96. The zero-order chi connectivity index (χ0) is 21.3. The van der Waals surface area contributed by atoms with Gasteiger partial charge in [-0.2, -0.15) is 5.10 Å². The van der Waals surface area contributed by atoms with E-state index in [9.17, 15) is 4.39 Å². The number of nitrogens with zero attached hydrogens (tertiary/aromatic N) is 5. The standard InChI is InChI=1S/C24H24FN5/c1-17-14-20(18(2)29(17)23-13-9-8-12-21(23)25)22-15-24(26-16-28(3)4)30(27-22)19-10-6-5-7-11-19/h5-16H,1-4H3. The Bertz CT molecular complexity index is 1200. The molecule has 4 rings (SSSR count). The third kappa shape index (κ3) is 3.64. The first kappa shape index (κ1) is 19.6. The molecular formula is C24H24FN5. The molecule has 0 unspecified atom stereocenters. The monoisotopic (exact) mass is 401 g/mol. The Hall–Kier alpha value is -3.67. The number of benzene rings is 2. The number of aliphatic imine (C=N–C) groups is 1. The molecule has 0 aliphatic carbocycles. The van der Waals surface area contributed by atoms with Crippen LogP contribution in [-0.2, 0) is 0 Å². The third-order valence-electron chi connectivity index (χ3n) is 4.91. The lowest BCUT2D eigenvalue weighted by molar-refractivity contribution is 0.616. The van der Waals surface area contributed by atoms with Crippen LogP contribution in [0.4, 0.5) is 10.2 Å². The summed E-state index contributed by atoms with van der Waals surface area (Å²) in [7, 11) is 3.85. The first-order chi connectivity index (χ1) is 14.5. The van der Waals surface area contributed by atoms with Crippen LogP contribution in [0, 0.1) is 19.7 Å². The second-order valence-electron chi connectivity index (χ2n) is 7.41. The molecule has 0 bridgehead atoms. The fourth-order valence-electron chi connectivity index (χ4n) is 3.55. The lowest BCUT2D eigenvalue weighted by atomic mass is 10.2. The average Bonchev–Trinajstić information content (AvgIpc) is 3.28. The van der Waals surface area contributed by atoms with Gasteiger partial charge in [-0.15, -0.1) is 0 Å². The molecule has 2 aromatic heterocycles. The predicted octanol–water partition coefficient (Wildman–Crippen LogP) is 5.31. The van der Waals surface area contributed by atoms with E-state index in [-0.39, 0.29) is 5.82 Å². The third-order valence-corrected chi connectivity index (χ3v) is 4.91. The molecule has 0 spiro atoms. The molecule has 6 heteroatoms. The molecule has 2 aromatic carbocycles. The molecule has 0 aliphatic heterocycles. The van der Waals surface area contributed by atoms with Gasteiger partial charge in [0.25, 0.3) is 0 Å². The largest absolute Gasteiger partial charge is 0.369 e. The Labute approximate surface area is 175 Å². The lowest BCUT2D eigenvalue weighted by Gasteiger charge is -2.10. The second-order valence-corrected chi connectivity index (χ2v) is 7.41. The van der Waals surface area contributed by atoms with E-state index in [1.54, 1.807) is 18.5 Å². The van der Waals surface area contributed by atoms with Crippen molar-refractivity contribution < 1.29 is 4.39 Å². The van der Waals surface area contributed by atoms with E-state index in [0.29, 0.717) is 5.69 Å². The van der Waals surface area contributed by atoms with Gasteiger partial charge in [0, 0.05) is 37.1 Å². The summed E-state index contributed by atoms with van der Waals surface area (Å²) in [6.07, 6.45) is 1.75. The van der Waals surface area contributed by atoms with Gasteiger partial charge in [0.15, 0.2) is 5.82 Å². The van der Waals surface area contributed by atoms with Gasteiger partial charge in [-0.05, 0) is 44.2 Å². The van der Waals surface area contributed by atoms with E-state index >= 15 is 0 Å². The number of halogens is 1. The zero-order valence-electron chi connectivity index (χ0n) is 17.5. The summed E-state index contributed by atoms with van der Waals surface area (Å²) in [6, 6.07) is 20.7.